The van der Waals surface area contributed by atoms with Crippen molar-refractivity contribution in [1.82, 2.24) is 15.1 Å². The largest absolute Gasteiger partial charge is 0.327 e. The second kappa shape index (κ2) is 9.65. The molecule has 8 heteroatoms. The number of hydrogen-bond acceptors (Lipinski definition) is 3. The zero-order chi connectivity index (χ0) is 25.2. The number of carbonyl (C=O) groups excluding carboxylic acids is 3. The van der Waals surface area contributed by atoms with E-state index < -0.39 is 11.9 Å². The van der Waals surface area contributed by atoms with Crippen LogP contribution < -0.4 is 10.6 Å². The number of urea groups is 1. The molecular formula is C28H25FN4O3. The maximum Gasteiger partial charge on any atom is 0.322 e. The highest BCUT2D eigenvalue weighted by Crippen LogP contribution is 2.35. The van der Waals surface area contributed by atoms with Gasteiger partial charge in [-0.05, 0) is 41.3 Å². The number of carbonyl (C=O) groups is 3. The summed E-state index contributed by atoms with van der Waals surface area (Å²) in [6.07, 6.45) is 0.660. The summed E-state index contributed by atoms with van der Waals surface area (Å²) in [5.74, 6) is -1.07. The Kier molecular flexibility index (Phi) is 6.25. The van der Waals surface area contributed by atoms with Gasteiger partial charge >= 0.3 is 6.03 Å². The van der Waals surface area contributed by atoms with Crippen LogP contribution in [0.4, 0.5) is 14.9 Å². The quantitative estimate of drug-likeness (QED) is 0.558. The van der Waals surface area contributed by atoms with Crippen molar-refractivity contribution in [3.8, 4) is 0 Å². The minimum absolute atomic E-state index is 0.134. The lowest BCUT2D eigenvalue weighted by Gasteiger charge is -2.31. The highest BCUT2D eigenvalue weighted by atomic mass is 19.1. The summed E-state index contributed by atoms with van der Waals surface area (Å²) in [4.78, 5) is 41.7. The number of nitrogens with one attached hydrogen (secondary N) is 2. The lowest BCUT2D eigenvalue weighted by Crippen LogP contribution is -2.45. The Labute approximate surface area is 208 Å². The van der Waals surface area contributed by atoms with E-state index in [4.69, 9.17) is 0 Å². The molecule has 1 atom stereocenters. The van der Waals surface area contributed by atoms with E-state index in [0.717, 1.165) is 11.1 Å². The van der Waals surface area contributed by atoms with E-state index in [-0.39, 0.29) is 30.9 Å². The van der Waals surface area contributed by atoms with Crippen LogP contribution in [0.25, 0.3) is 0 Å². The van der Waals surface area contributed by atoms with Crippen molar-refractivity contribution in [3.63, 3.8) is 0 Å². The number of para-hydroxylation sites is 1. The lowest BCUT2D eigenvalue weighted by molar-refractivity contribution is -0.130. The first-order valence-corrected chi connectivity index (χ1v) is 11.6. The van der Waals surface area contributed by atoms with Crippen molar-refractivity contribution in [2.45, 2.75) is 12.5 Å². The first-order chi connectivity index (χ1) is 17.4. The molecule has 5 rings (SSSR count). The first-order valence-electron chi connectivity index (χ1n) is 11.6. The fraction of sp³-hybridized carbons (Fsp3) is 0.179. The first kappa shape index (κ1) is 23.3. The molecule has 2 aliphatic heterocycles. The molecule has 3 aromatic carbocycles. The fourth-order valence-electron chi connectivity index (χ4n) is 4.63. The predicted molar refractivity (Wildman–Crippen MR) is 133 cm³/mol. The van der Waals surface area contributed by atoms with Gasteiger partial charge in [-0.1, -0.05) is 60.7 Å². The number of benzene rings is 3. The topological polar surface area (TPSA) is 81.8 Å². The highest BCUT2D eigenvalue weighted by Gasteiger charge is 2.43. The summed E-state index contributed by atoms with van der Waals surface area (Å²) in [5, 5.41) is 5.75. The molecule has 36 heavy (non-hydrogen) atoms. The van der Waals surface area contributed by atoms with Gasteiger partial charge in [-0.3, -0.25) is 14.5 Å². The molecule has 0 spiro atoms. The molecule has 0 saturated carbocycles. The van der Waals surface area contributed by atoms with Gasteiger partial charge in [-0.15, -0.1) is 0 Å². The van der Waals surface area contributed by atoms with Crippen molar-refractivity contribution < 1.29 is 18.8 Å². The van der Waals surface area contributed by atoms with Crippen molar-refractivity contribution in [1.29, 1.82) is 0 Å². The molecular weight excluding hydrogens is 459 g/mol. The van der Waals surface area contributed by atoms with Gasteiger partial charge in [0.25, 0.3) is 5.91 Å². The van der Waals surface area contributed by atoms with Crippen LogP contribution in [-0.4, -0.2) is 47.8 Å². The number of amides is 4. The molecule has 0 aliphatic carbocycles. The minimum Gasteiger partial charge on any atom is -0.327 e. The molecule has 0 radical (unpaired) electrons. The molecule has 0 saturated heterocycles. The van der Waals surface area contributed by atoms with E-state index in [0.29, 0.717) is 28.9 Å². The van der Waals surface area contributed by atoms with Crippen molar-refractivity contribution in [3.05, 3.63) is 113 Å². The van der Waals surface area contributed by atoms with E-state index in [1.54, 1.807) is 19.2 Å². The Morgan fingerprint density at radius 2 is 1.69 bits per heavy atom. The number of hydrogen-bond donors (Lipinski definition) is 2. The average molecular weight is 485 g/mol. The number of halogens is 1. The van der Waals surface area contributed by atoms with E-state index in [1.165, 1.54) is 21.9 Å². The number of likely N-dealkylation sites (N-methyl/N-ethyl adjacent to an activating group) is 1. The fourth-order valence-corrected chi connectivity index (χ4v) is 4.63. The molecule has 0 bridgehead atoms. The number of anilines is 1. The van der Waals surface area contributed by atoms with E-state index >= 15 is 0 Å². The van der Waals surface area contributed by atoms with E-state index in [2.05, 4.69) is 10.6 Å². The molecule has 3 aromatic rings. The maximum atomic E-state index is 13.4. The molecule has 7 nitrogen and oxygen atoms in total. The van der Waals surface area contributed by atoms with Gasteiger partial charge in [0, 0.05) is 12.7 Å². The van der Waals surface area contributed by atoms with Gasteiger partial charge in [-0.2, -0.15) is 0 Å². The molecule has 2 heterocycles. The summed E-state index contributed by atoms with van der Waals surface area (Å²) in [5.41, 5.74) is 4.30. The highest BCUT2D eigenvalue weighted by molar-refractivity contribution is 6.04. The van der Waals surface area contributed by atoms with Gasteiger partial charge in [0.2, 0.25) is 5.91 Å². The monoisotopic (exact) mass is 484 g/mol. The number of nitrogens with zero attached hydrogens (tertiary/aromatic N) is 2. The zero-order valence-corrected chi connectivity index (χ0v) is 19.7. The van der Waals surface area contributed by atoms with Gasteiger partial charge in [0.15, 0.2) is 0 Å². The molecule has 2 N–H and O–H groups in total. The van der Waals surface area contributed by atoms with Crippen LogP contribution in [0.1, 0.15) is 22.7 Å². The SMILES string of the molecule is CN1C(=O)N[C@H](c2ccc(F)cc2)C2=C1CN(CC(=O)Nc1ccccc1Cc1ccccc1)C2=O. The molecule has 0 unspecified atom stereocenters. The standard InChI is InChI=1S/C28H25FN4O3/c1-32-23-16-33(27(35)25(23)26(31-28(32)36)19-11-13-21(29)14-12-19)17-24(34)30-22-10-6-5-9-20(22)15-18-7-3-2-4-8-18/h2-14,26H,15-17H2,1H3,(H,30,34)(H,31,36)/t26-/m1/s1. The average Bonchev–Trinajstić information content (AvgIpc) is 3.20. The van der Waals surface area contributed by atoms with Gasteiger partial charge in [0.1, 0.15) is 12.4 Å². The predicted octanol–water partition coefficient (Wildman–Crippen LogP) is 3.85. The molecule has 0 aromatic heterocycles. The Bertz CT molecular complexity index is 1350. The Morgan fingerprint density at radius 1 is 1.00 bits per heavy atom. The minimum atomic E-state index is -0.712. The van der Waals surface area contributed by atoms with Gasteiger partial charge in [-0.25, -0.2) is 9.18 Å². The van der Waals surface area contributed by atoms with Crippen LogP contribution in [0.15, 0.2) is 90.1 Å². The summed E-state index contributed by atoms with van der Waals surface area (Å²) in [7, 11) is 1.59. The summed E-state index contributed by atoms with van der Waals surface area (Å²) < 4.78 is 13.4. The van der Waals surface area contributed by atoms with Crippen molar-refractivity contribution in [2.75, 3.05) is 25.5 Å². The van der Waals surface area contributed by atoms with Crippen LogP contribution >= 0.6 is 0 Å². The Balaban J connectivity index is 1.32. The third kappa shape index (κ3) is 4.57. The van der Waals surface area contributed by atoms with Crippen LogP contribution in [0, 0.1) is 5.82 Å². The van der Waals surface area contributed by atoms with E-state index in [1.807, 2.05) is 54.6 Å². The molecule has 2 aliphatic rings. The van der Waals surface area contributed by atoms with Crippen molar-refractivity contribution in [2.24, 2.45) is 0 Å². The molecule has 0 fully saturated rings. The second-order valence-electron chi connectivity index (χ2n) is 8.88. The smallest absolute Gasteiger partial charge is 0.322 e. The van der Waals surface area contributed by atoms with Gasteiger partial charge in [0.05, 0.1) is 23.9 Å². The van der Waals surface area contributed by atoms with Crippen LogP contribution in [0.2, 0.25) is 0 Å². The zero-order valence-electron chi connectivity index (χ0n) is 19.7. The molecule has 4 amide bonds. The van der Waals surface area contributed by atoms with Crippen LogP contribution in [0.3, 0.4) is 0 Å². The Hall–Kier alpha value is -4.46. The van der Waals surface area contributed by atoms with Crippen molar-refractivity contribution >= 4 is 23.5 Å². The number of rotatable bonds is 6. The second-order valence-corrected chi connectivity index (χ2v) is 8.88. The van der Waals surface area contributed by atoms with Gasteiger partial charge < -0.3 is 15.5 Å². The summed E-state index contributed by atoms with van der Waals surface area (Å²) in [6.45, 7) is -0.0292. The Morgan fingerprint density at radius 3 is 2.44 bits per heavy atom. The summed E-state index contributed by atoms with van der Waals surface area (Å²) in [6, 6.07) is 22.1. The lowest BCUT2D eigenvalue weighted by atomic mass is 9.96. The molecule has 182 valence electrons. The normalized spacial score (nSPS) is 17.2. The third-order valence-corrected chi connectivity index (χ3v) is 6.50. The third-order valence-electron chi connectivity index (χ3n) is 6.50. The maximum absolute atomic E-state index is 13.4. The van der Waals surface area contributed by atoms with Crippen LogP contribution in [0.5, 0.6) is 0 Å². The summed E-state index contributed by atoms with van der Waals surface area (Å²) >= 11 is 0. The van der Waals surface area contributed by atoms with Crippen LogP contribution in [-0.2, 0) is 16.0 Å². The van der Waals surface area contributed by atoms with E-state index in [9.17, 15) is 18.8 Å².